The number of rotatable bonds is 2. The Balaban J connectivity index is 1.96. The summed E-state index contributed by atoms with van der Waals surface area (Å²) in [5, 5.41) is 0.976. The third-order valence-electron chi connectivity index (χ3n) is 2.64. The lowest BCUT2D eigenvalue weighted by molar-refractivity contribution is 0.991. The van der Waals surface area contributed by atoms with E-state index in [9.17, 15) is 0 Å². The van der Waals surface area contributed by atoms with Gasteiger partial charge in [0.1, 0.15) is 5.82 Å². The molecule has 0 aliphatic carbocycles. The number of nitrogens with zero attached hydrogens (tertiary/aromatic N) is 3. The maximum absolute atomic E-state index is 4.52. The van der Waals surface area contributed by atoms with E-state index in [0.717, 1.165) is 23.1 Å². The number of hydrogen-bond donors (Lipinski definition) is 0. The molecule has 82 valence electrons. The van der Waals surface area contributed by atoms with Crippen LogP contribution in [0.25, 0.3) is 10.9 Å². The van der Waals surface area contributed by atoms with Crippen molar-refractivity contribution < 1.29 is 0 Å². The molecule has 3 nitrogen and oxygen atoms in total. The molecule has 3 heteroatoms. The van der Waals surface area contributed by atoms with Gasteiger partial charge in [0.2, 0.25) is 0 Å². The second-order valence-corrected chi connectivity index (χ2v) is 3.88. The van der Waals surface area contributed by atoms with Crippen LogP contribution in [-0.4, -0.2) is 15.0 Å². The molecule has 0 amide bonds. The van der Waals surface area contributed by atoms with Crippen molar-refractivity contribution >= 4 is 10.9 Å². The van der Waals surface area contributed by atoms with Crippen molar-refractivity contribution in [2.75, 3.05) is 0 Å². The van der Waals surface area contributed by atoms with Gasteiger partial charge >= 0.3 is 0 Å². The third kappa shape index (κ3) is 2.13. The van der Waals surface area contributed by atoms with Crippen molar-refractivity contribution in [3.8, 4) is 0 Å². The zero-order chi connectivity index (χ0) is 11.5. The monoisotopic (exact) mass is 221 g/mol. The molecule has 3 rings (SSSR count). The Morgan fingerprint density at radius 2 is 1.82 bits per heavy atom. The summed E-state index contributed by atoms with van der Waals surface area (Å²) < 4.78 is 0. The van der Waals surface area contributed by atoms with E-state index < -0.39 is 0 Å². The molecule has 0 fully saturated rings. The molecule has 0 atom stereocenters. The zero-order valence-electron chi connectivity index (χ0n) is 9.24. The number of pyridine rings is 1. The number of fused-ring (bicyclic) bond motifs is 1. The SMILES string of the molecule is c1ccc(Cc2ncc3cnccc3n2)cc1. The first-order valence-corrected chi connectivity index (χ1v) is 5.51. The molecule has 1 aromatic carbocycles. The maximum Gasteiger partial charge on any atom is 0.133 e. The number of benzene rings is 1. The second-order valence-electron chi connectivity index (χ2n) is 3.88. The highest BCUT2D eigenvalue weighted by atomic mass is 14.9. The van der Waals surface area contributed by atoms with Crippen LogP contribution in [0.3, 0.4) is 0 Å². The van der Waals surface area contributed by atoms with Crippen molar-refractivity contribution in [1.82, 2.24) is 15.0 Å². The van der Waals surface area contributed by atoms with E-state index >= 15 is 0 Å². The first kappa shape index (κ1) is 9.90. The van der Waals surface area contributed by atoms with Crippen LogP contribution in [-0.2, 0) is 6.42 Å². The second kappa shape index (κ2) is 4.29. The molecule has 0 unspecified atom stereocenters. The van der Waals surface area contributed by atoms with Crippen LogP contribution in [0, 0.1) is 0 Å². The maximum atomic E-state index is 4.52. The van der Waals surface area contributed by atoms with Crippen LogP contribution in [0.2, 0.25) is 0 Å². The molecule has 0 aliphatic heterocycles. The van der Waals surface area contributed by atoms with E-state index in [0.29, 0.717) is 0 Å². The Morgan fingerprint density at radius 3 is 2.71 bits per heavy atom. The molecule has 0 spiro atoms. The first-order valence-electron chi connectivity index (χ1n) is 5.51. The van der Waals surface area contributed by atoms with E-state index in [-0.39, 0.29) is 0 Å². The lowest BCUT2D eigenvalue weighted by Crippen LogP contribution is -1.96. The Bertz CT molecular complexity index is 635. The Labute approximate surface area is 99.2 Å². The Kier molecular flexibility index (Phi) is 2.50. The summed E-state index contributed by atoms with van der Waals surface area (Å²) in [6.45, 7) is 0. The molecule has 0 aliphatic rings. The molecule has 0 saturated carbocycles. The summed E-state index contributed by atoms with van der Waals surface area (Å²) in [5.41, 5.74) is 2.17. The largest absolute Gasteiger partial charge is 0.264 e. The first-order chi connectivity index (χ1) is 8.42. The lowest BCUT2D eigenvalue weighted by atomic mass is 10.1. The van der Waals surface area contributed by atoms with Gasteiger partial charge in [0.15, 0.2) is 0 Å². The van der Waals surface area contributed by atoms with E-state index in [1.54, 1.807) is 12.4 Å². The lowest BCUT2D eigenvalue weighted by Gasteiger charge is -2.01. The van der Waals surface area contributed by atoms with Gasteiger partial charge in [-0.2, -0.15) is 0 Å². The van der Waals surface area contributed by atoms with Gasteiger partial charge in [-0.3, -0.25) is 4.98 Å². The van der Waals surface area contributed by atoms with E-state index in [1.165, 1.54) is 5.56 Å². The average molecular weight is 221 g/mol. The summed E-state index contributed by atoms with van der Waals surface area (Å²) in [6, 6.07) is 12.1. The Hall–Kier alpha value is -2.29. The van der Waals surface area contributed by atoms with Crippen LogP contribution in [0.5, 0.6) is 0 Å². The Morgan fingerprint density at radius 1 is 0.941 bits per heavy atom. The molecule has 0 radical (unpaired) electrons. The van der Waals surface area contributed by atoms with Crippen molar-refractivity contribution in [1.29, 1.82) is 0 Å². The van der Waals surface area contributed by atoms with Gasteiger partial charge in [-0.25, -0.2) is 9.97 Å². The zero-order valence-corrected chi connectivity index (χ0v) is 9.24. The fourth-order valence-electron chi connectivity index (χ4n) is 1.78. The molecular formula is C14H11N3. The van der Waals surface area contributed by atoms with Gasteiger partial charge in [-0.15, -0.1) is 0 Å². The minimum atomic E-state index is 0.763. The minimum Gasteiger partial charge on any atom is -0.264 e. The van der Waals surface area contributed by atoms with Crippen LogP contribution in [0.4, 0.5) is 0 Å². The summed E-state index contributed by atoms with van der Waals surface area (Å²) in [5.74, 6) is 0.843. The molecule has 0 bridgehead atoms. The van der Waals surface area contributed by atoms with Crippen molar-refractivity contribution in [3.63, 3.8) is 0 Å². The highest BCUT2D eigenvalue weighted by molar-refractivity contribution is 5.75. The van der Waals surface area contributed by atoms with Gasteiger partial charge in [-0.05, 0) is 11.6 Å². The molecular weight excluding hydrogens is 210 g/mol. The molecule has 3 aromatic rings. The molecule has 0 N–H and O–H groups in total. The number of aromatic nitrogens is 3. The topological polar surface area (TPSA) is 38.7 Å². The van der Waals surface area contributed by atoms with Crippen molar-refractivity contribution in [3.05, 3.63) is 66.4 Å². The normalized spacial score (nSPS) is 10.6. The van der Waals surface area contributed by atoms with Gasteiger partial charge < -0.3 is 0 Å². The van der Waals surface area contributed by atoms with Crippen molar-refractivity contribution in [2.45, 2.75) is 6.42 Å². The van der Waals surface area contributed by atoms with Gasteiger partial charge in [0.25, 0.3) is 0 Å². The third-order valence-corrected chi connectivity index (χ3v) is 2.64. The summed E-state index contributed by atoms with van der Waals surface area (Å²) in [4.78, 5) is 12.9. The number of hydrogen-bond acceptors (Lipinski definition) is 3. The smallest absolute Gasteiger partial charge is 0.133 e. The van der Waals surface area contributed by atoms with Crippen LogP contribution < -0.4 is 0 Å². The minimum absolute atomic E-state index is 0.763. The van der Waals surface area contributed by atoms with Crippen molar-refractivity contribution in [2.24, 2.45) is 0 Å². The van der Waals surface area contributed by atoms with E-state index in [1.807, 2.05) is 30.5 Å². The standard InChI is InChI=1S/C14H11N3/c1-2-4-11(5-3-1)8-14-16-10-12-9-15-7-6-13(12)17-14/h1-7,9-10H,8H2. The summed E-state index contributed by atoms with van der Waals surface area (Å²) in [6.07, 6.45) is 6.12. The highest BCUT2D eigenvalue weighted by Crippen LogP contribution is 2.10. The quantitative estimate of drug-likeness (QED) is 0.667. The molecule has 2 heterocycles. The highest BCUT2D eigenvalue weighted by Gasteiger charge is 2.00. The predicted octanol–water partition coefficient (Wildman–Crippen LogP) is 2.62. The predicted molar refractivity (Wildman–Crippen MR) is 66.6 cm³/mol. The molecule has 0 saturated heterocycles. The van der Waals surface area contributed by atoms with Crippen LogP contribution >= 0.6 is 0 Å². The summed E-state index contributed by atoms with van der Waals surface area (Å²) in [7, 11) is 0. The van der Waals surface area contributed by atoms with Gasteiger partial charge in [0.05, 0.1) is 5.52 Å². The van der Waals surface area contributed by atoms with Gasteiger partial charge in [0, 0.05) is 30.4 Å². The fraction of sp³-hybridized carbons (Fsp3) is 0.0714. The van der Waals surface area contributed by atoms with E-state index in [2.05, 4.69) is 27.1 Å². The summed E-state index contributed by atoms with van der Waals surface area (Å²) >= 11 is 0. The van der Waals surface area contributed by atoms with Crippen LogP contribution in [0.15, 0.2) is 55.0 Å². The van der Waals surface area contributed by atoms with E-state index in [4.69, 9.17) is 0 Å². The molecule has 2 aromatic heterocycles. The van der Waals surface area contributed by atoms with Crippen LogP contribution in [0.1, 0.15) is 11.4 Å². The molecule has 17 heavy (non-hydrogen) atoms. The fourth-order valence-corrected chi connectivity index (χ4v) is 1.78. The van der Waals surface area contributed by atoms with Gasteiger partial charge in [-0.1, -0.05) is 30.3 Å². The average Bonchev–Trinajstić information content (AvgIpc) is 2.40.